The molecule has 0 saturated carbocycles. The molecule has 5 nitrogen and oxygen atoms in total. The summed E-state index contributed by atoms with van der Waals surface area (Å²) in [5.74, 6) is 0.274. The Kier molecular flexibility index (Phi) is 4.92. The van der Waals surface area contributed by atoms with Crippen LogP contribution in [0.25, 0.3) is 0 Å². The Hall–Kier alpha value is -1.66. The van der Waals surface area contributed by atoms with Crippen molar-refractivity contribution in [2.45, 2.75) is 6.92 Å². The first-order valence-corrected chi connectivity index (χ1v) is 7.11. The molecule has 0 spiro atoms. The third-order valence-electron chi connectivity index (χ3n) is 2.43. The van der Waals surface area contributed by atoms with Crippen LogP contribution < -0.4 is 10.6 Å². The van der Waals surface area contributed by atoms with Gasteiger partial charge in [-0.05, 0) is 37.3 Å². The van der Waals surface area contributed by atoms with E-state index in [0.29, 0.717) is 16.5 Å². The van der Waals surface area contributed by atoms with Crippen molar-refractivity contribution in [2.75, 3.05) is 17.2 Å². The van der Waals surface area contributed by atoms with E-state index in [0.717, 1.165) is 11.0 Å². The van der Waals surface area contributed by atoms with Crippen LogP contribution in [0.5, 0.6) is 0 Å². The van der Waals surface area contributed by atoms with Crippen molar-refractivity contribution in [3.8, 4) is 0 Å². The van der Waals surface area contributed by atoms with Crippen molar-refractivity contribution in [3.63, 3.8) is 0 Å². The second-order valence-corrected chi connectivity index (χ2v) is 5.24. The first-order valence-electron chi connectivity index (χ1n) is 5.94. The van der Waals surface area contributed by atoms with Crippen LogP contribution in [0.2, 0.25) is 5.02 Å². The molecule has 0 aliphatic carbocycles. The average molecular weight is 356 g/mol. The summed E-state index contributed by atoms with van der Waals surface area (Å²) in [6.45, 7) is 2.70. The first-order chi connectivity index (χ1) is 9.60. The molecule has 0 radical (unpaired) electrons. The molecular weight excluding hydrogens is 344 g/mol. The number of hydrogen-bond donors (Lipinski definition) is 2. The Morgan fingerprint density at radius 1 is 1.30 bits per heavy atom. The molecule has 0 aliphatic rings. The number of nitrogens with zero attached hydrogens (tertiary/aromatic N) is 2. The Morgan fingerprint density at radius 3 is 2.70 bits per heavy atom. The lowest BCUT2D eigenvalue weighted by Crippen LogP contribution is -2.15. The molecule has 1 aromatic heterocycles. The standard InChI is InChI=1S/C13H12BrClN4O/c1-2-16-12-6-5-11(18-19-12)13(20)17-10-4-3-8(14)7-9(10)15/h3-7H,2H2,1H3,(H,16,19)(H,17,20). The SMILES string of the molecule is CCNc1ccc(C(=O)Nc2ccc(Br)cc2Cl)nn1. The van der Waals surface area contributed by atoms with Crippen molar-refractivity contribution in [2.24, 2.45) is 0 Å². The number of hydrogen-bond acceptors (Lipinski definition) is 4. The highest BCUT2D eigenvalue weighted by atomic mass is 79.9. The Morgan fingerprint density at radius 2 is 2.10 bits per heavy atom. The van der Waals surface area contributed by atoms with Crippen molar-refractivity contribution >= 4 is 44.9 Å². The maximum atomic E-state index is 12.0. The van der Waals surface area contributed by atoms with E-state index in [1.165, 1.54) is 0 Å². The summed E-state index contributed by atoms with van der Waals surface area (Å²) in [5.41, 5.74) is 0.753. The number of benzene rings is 1. The molecule has 2 aromatic rings. The molecule has 2 rings (SSSR count). The third-order valence-corrected chi connectivity index (χ3v) is 3.24. The summed E-state index contributed by atoms with van der Waals surface area (Å²) in [6.07, 6.45) is 0. The molecule has 104 valence electrons. The maximum absolute atomic E-state index is 12.0. The van der Waals surface area contributed by atoms with Crippen molar-refractivity contribution in [1.29, 1.82) is 0 Å². The normalized spacial score (nSPS) is 10.2. The quantitative estimate of drug-likeness (QED) is 0.880. The van der Waals surface area contributed by atoms with Gasteiger partial charge in [-0.3, -0.25) is 4.79 Å². The largest absolute Gasteiger partial charge is 0.369 e. The van der Waals surface area contributed by atoms with Crippen LogP contribution in [-0.2, 0) is 0 Å². The fourth-order valence-electron chi connectivity index (χ4n) is 1.51. The highest BCUT2D eigenvalue weighted by Gasteiger charge is 2.10. The zero-order valence-electron chi connectivity index (χ0n) is 10.7. The van der Waals surface area contributed by atoms with Gasteiger partial charge < -0.3 is 10.6 Å². The maximum Gasteiger partial charge on any atom is 0.276 e. The number of rotatable bonds is 4. The molecule has 1 heterocycles. The van der Waals surface area contributed by atoms with Gasteiger partial charge in [-0.15, -0.1) is 10.2 Å². The monoisotopic (exact) mass is 354 g/mol. The Bertz CT molecular complexity index is 618. The van der Waals surface area contributed by atoms with E-state index in [4.69, 9.17) is 11.6 Å². The van der Waals surface area contributed by atoms with E-state index >= 15 is 0 Å². The molecule has 0 unspecified atom stereocenters. The number of carbonyl (C=O) groups is 1. The summed E-state index contributed by atoms with van der Waals surface area (Å²) < 4.78 is 0.843. The van der Waals surface area contributed by atoms with Crippen LogP contribution in [0.4, 0.5) is 11.5 Å². The van der Waals surface area contributed by atoms with E-state index < -0.39 is 0 Å². The number of carbonyl (C=O) groups excluding carboxylic acids is 1. The molecule has 0 atom stereocenters. The van der Waals surface area contributed by atoms with Crippen LogP contribution in [0.1, 0.15) is 17.4 Å². The van der Waals surface area contributed by atoms with Gasteiger partial charge in [0.15, 0.2) is 5.69 Å². The smallest absolute Gasteiger partial charge is 0.276 e. The molecular formula is C13H12BrClN4O. The van der Waals surface area contributed by atoms with Crippen LogP contribution in [-0.4, -0.2) is 22.6 Å². The van der Waals surface area contributed by atoms with Crippen molar-refractivity contribution < 1.29 is 4.79 Å². The lowest BCUT2D eigenvalue weighted by Gasteiger charge is -2.07. The predicted octanol–water partition coefficient (Wildman–Crippen LogP) is 3.58. The molecule has 0 saturated heterocycles. The first kappa shape index (κ1) is 14.7. The predicted molar refractivity (Wildman–Crippen MR) is 83.3 cm³/mol. The summed E-state index contributed by atoms with van der Waals surface area (Å²) in [6, 6.07) is 8.52. The van der Waals surface area contributed by atoms with Gasteiger partial charge in [-0.1, -0.05) is 27.5 Å². The number of anilines is 2. The Labute approximate surface area is 129 Å². The molecule has 0 fully saturated rings. The Balaban J connectivity index is 2.11. The summed E-state index contributed by atoms with van der Waals surface area (Å²) in [5, 5.41) is 13.9. The fraction of sp³-hybridized carbons (Fsp3) is 0.154. The van der Waals surface area contributed by atoms with Crippen molar-refractivity contribution in [3.05, 3.63) is 45.5 Å². The zero-order chi connectivity index (χ0) is 14.5. The number of halogens is 2. The van der Waals surface area contributed by atoms with Gasteiger partial charge in [0.1, 0.15) is 5.82 Å². The van der Waals surface area contributed by atoms with E-state index in [9.17, 15) is 4.79 Å². The van der Waals surface area contributed by atoms with Crippen LogP contribution in [0, 0.1) is 0 Å². The molecule has 7 heteroatoms. The summed E-state index contributed by atoms with van der Waals surface area (Å²) >= 11 is 9.34. The van der Waals surface area contributed by atoms with Gasteiger partial charge in [0.05, 0.1) is 10.7 Å². The highest BCUT2D eigenvalue weighted by Crippen LogP contribution is 2.25. The highest BCUT2D eigenvalue weighted by molar-refractivity contribution is 9.10. The number of aromatic nitrogens is 2. The van der Waals surface area contributed by atoms with Crippen molar-refractivity contribution in [1.82, 2.24) is 10.2 Å². The van der Waals surface area contributed by atoms with Gasteiger partial charge in [0.25, 0.3) is 5.91 Å². The van der Waals surface area contributed by atoms with Gasteiger partial charge in [0.2, 0.25) is 0 Å². The lowest BCUT2D eigenvalue weighted by atomic mass is 10.3. The van der Waals surface area contributed by atoms with E-state index in [-0.39, 0.29) is 11.6 Å². The molecule has 0 bridgehead atoms. The summed E-state index contributed by atoms with van der Waals surface area (Å²) in [4.78, 5) is 12.0. The fourth-order valence-corrected chi connectivity index (χ4v) is 2.23. The third kappa shape index (κ3) is 3.68. The van der Waals surface area contributed by atoms with E-state index in [2.05, 4.69) is 36.8 Å². The zero-order valence-corrected chi connectivity index (χ0v) is 13.0. The topological polar surface area (TPSA) is 66.9 Å². The molecule has 2 N–H and O–H groups in total. The lowest BCUT2D eigenvalue weighted by molar-refractivity contribution is 0.102. The average Bonchev–Trinajstić information content (AvgIpc) is 2.43. The van der Waals surface area contributed by atoms with E-state index in [1.807, 2.05) is 6.92 Å². The van der Waals surface area contributed by atoms with Gasteiger partial charge in [-0.2, -0.15) is 0 Å². The van der Waals surface area contributed by atoms with E-state index in [1.54, 1.807) is 30.3 Å². The second kappa shape index (κ2) is 6.67. The molecule has 1 amide bonds. The van der Waals surface area contributed by atoms with Crippen LogP contribution in [0.15, 0.2) is 34.8 Å². The second-order valence-electron chi connectivity index (χ2n) is 3.91. The molecule has 20 heavy (non-hydrogen) atoms. The van der Waals surface area contributed by atoms with Gasteiger partial charge >= 0.3 is 0 Å². The molecule has 1 aromatic carbocycles. The van der Waals surface area contributed by atoms with Gasteiger partial charge in [0, 0.05) is 11.0 Å². The minimum atomic E-state index is -0.357. The molecule has 0 aliphatic heterocycles. The summed E-state index contributed by atoms with van der Waals surface area (Å²) in [7, 11) is 0. The van der Waals surface area contributed by atoms with Crippen LogP contribution in [0.3, 0.4) is 0 Å². The van der Waals surface area contributed by atoms with Crippen LogP contribution >= 0.6 is 27.5 Å². The number of nitrogens with one attached hydrogen (secondary N) is 2. The van der Waals surface area contributed by atoms with Gasteiger partial charge in [-0.25, -0.2) is 0 Å². The minimum absolute atomic E-state index is 0.227. The minimum Gasteiger partial charge on any atom is -0.369 e. The number of amides is 1.